The summed E-state index contributed by atoms with van der Waals surface area (Å²) in [5, 5.41) is 0. The van der Waals surface area contributed by atoms with Crippen LogP contribution in [0.4, 0.5) is 132 Å². The maximum Gasteiger partial charge on any atom is 0.460 e. The van der Waals surface area contributed by atoms with Gasteiger partial charge in [-0.05, 0) is 84.3 Å². The van der Waals surface area contributed by atoms with E-state index in [4.69, 9.17) is 0 Å². The maximum absolute atomic E-state index is 15.0. The van der Waals surface area contributed by atoms with E-state index in [0.29, 0.717) is 41.8 Å². The van der Waals surface area contributed by atoms with Crippen molar-refractivity contribution in [2.45, 2.75) is 137 Å². The molecule has 5 aromatic rings. The first-order valence-corrected chi connectivity index (χ1v) is 25.7. The molecule has 5 aromatic heterocycles. The summed E-state index contributed by atoms with van der Waals surface area (Å²) in [4.78, 5) is 22.9. The van der Waals surface area contributed by atoms with Gasteiger partial charge in [0.15, 0.2) is 0 Å². The fraction of sp³-hybridized carbons (Fsp3) is 0.500. The molecule has 0 spiro atoms. The Kier molecular flexibility index (Phi) is 17.3. The zero-order valence-electron chi connectivity index (χ0n) is 39.5. The van der Waals surface area contributed by atoms with Crippen LogP contribution in [0, 0.1) is 0 Å². The lowest BCUT2D eigenvalue weighted by molar-refractivity contribution is -0.449. The lowest BCUT2D eigenvalue weighted by Crippen LogP contribution is -2.73. The van der Waals surface area contributed by atoms with E-state index in [2.05, 4.69) is 0 Å². The molecular weight excluding hydrogens is 1290 g/mol. The van der Waals surface area contributed by atoms with E-state index in [1.165, 1.54) is 26.0 Å². The molecule has 0 aliphatic heterocycles. The first-order chi connectivity index (χ1) is 36.2. The first-order valence-electron chi connectivity index (χ1n) is 21.6. The van der Waals surface area contributed by atoms with Crippen molar-refractivity contribution >= 4 is 68.3 Å². The number of hydrogen-bond acceptors (Lipinski definition) is 7. The largest absolute Gasteiger partial charge is 0.460 e. The SMILES string of the molecule is CCc1c(-c2ccc(C(=O)C(F)(F)C(F)(F)C(F)(F)C(F)(F)C(F)(F)C(F)(F)C(F)(F)F)s2)sc(-c2ccc(-c3sc(-c4ccc(C(=O)C(F)(F)C(F)(F)C(F)(F)C(F)(F)C(F)(F)C(F)(F)C(F)(F)F)s4)c(CC)c3CC)s2)c1CC. The number of halogens is 30. The zero-order chi connectivity index (χ0) is 62.8. The highest BCUT2D eigenvalue weighted by Crippen LogP contribution is 2.65. The van der Waals surface area contributed by atoms with Crippen LogP contribution in [0.1, 0.15) is 69.3 Å². The summed E-state index contributed by atoms with van der Waals surface area (Å²) in [5.74, 6) is -106. The van der Waals surface area contributed by atoms with Crippen molar-refractivity contribution in [1.82, 2.24) is 0 Å². The van der Waals surface area contributed by atoms with Crippen LogP contribution >= 0.6 is 56.7 Å². The van der Waals surface area contributed by atoms with E-state index in [1.807, 2.05) is 0 Å². The summed E-state index contributed by atoms with van der Waals surface area (Å²) < 4.78 is 417. The van der Waals surface area contributed by atoms with E-state index in [1.54, 1.807) is 13.8 Å². The van der Waals surface area contributed by atoms with E-state index < -0.39 is 105 Å². The molecule has 0 N–H and O–H groups in total. The molecule has 2 nitrogen and oxygen atoms in total. The Bertz CT molecular complexity index is 2950. The molecule has 0 atom stereocenters. The minimum Gasteiger partial charge on any atom is -0.286 e. The molecule has 0 saturated heterocycles. The third-order valence-corrected chi connectivity index (χ3v) is 18.6. The van der Waals surface area contributed by atoms with Crippen molar-refractivity contribution in [2.75, 3.05) is 0 Å². The van der Waals surface area contributed by atoms with Gasteiger partial charge in [0.25, 0.3) is 0 Å². The molecule has 0 amide bonds. The van der Waals surface area contributed by atoms with Gasteiger partial charge in [-0.2, -0.15) is 132 Å². The number of thiophene rings is 5. The molecule has 37 heteroatoms. The monoisotopic (exact) mass is 1320 g/mol. The van der Waals surface area contributed by atoms with Crippen molar-refractivity contribution in [3.63, 3.8) is 0 Å². The van der Waals surface area contributed by atoms with E-state index in [-0.39, 0.29) is 80.0 Å². The maximum atomic E-state index is 15.0. The second kappa shape index (κ2) is 20.8. The van der Waals surface area contributed by atoms with Gasteiger partial charge in [0, 0.05) is 39.0 Å². The van der Waals surface area contributed by atoms with Crippen LogP contribution in [0.3, 0.4) is 0 Å². The molecule has 0 aliphatic rings. The quantitative estimate of drug-likeness (QED) is 0.0511. The Morgan fingerprint density at radius 2 is 0.481 bits per heavy atom. The summed E-state index contributed by atoms with van der Waals surface area (Å²) in [5.41, 5.74) is 1.56. The van der Waals surface area contributed by atoms with Crippen molar-refractivity contribution < 1.29 is 141 Å². The van der Waals surface area contributed by atoms with Crippen molar-refractivity contribution in [1.29, 1.82) is 0 Å². The molecule has 5 rings (SSSR count). The number of ketones is 2. The van der Waals surface area contributed by atoms with Crippen molar-refractivity contribution in [3.05, 3.63) is 68.4 Å². The third kappa shape index (κ3) is 9.64. The van der Waals surface area contributed by atoms with Gasteiger partial charge in [-0.25, -0.2) is 0 Å². The normalized spacial score (nSPS) is 14.8. The molecule has 0 radical (unpaired) electrons. The Hall–Kier alpha value is -4.26. The fourth-order valence-corrected chi connectivity index (χ4v) is 14.0. The Labute approximate surface area is 452 Å². The summed E-state index contributed by atoms with van der Waals surface area (Å²) in [6.45, 7) is 6.16. The summed E-state index contributed by atoms with van der Waals surface area (Å²) in [7, 11) is 0. The number of carbonyl (C=O) groups is 2. The topological polar surface area (TPSA) is 34.1 Å². The van der Waals surface area contributed by atoms with Crippen molar-refractivity contribution in [3.8, 4) is 39.0 Å². The molecule has 5 heterocycles. The summed E-state index contributed by atoms with van der Waals surface area (Å²) in [6.07, 6.45) is -15.4. The lowest BCUT2D eigenvalue weighted by atomic mass is 9.89. The molecule has 454 valence electrons. The molecular formula is C44H26F30O2S5. The lowest BCUT2D eigenvalue weighted by Gasteiger charge is -2.41. The highest BCUT2D eigenvalue weighted by atomic mass is 32.1. The molecule has 0 unspecified atom stereocenters. The van der Waals surface area contributed by atoms with E-state index in [9.17, 15) is 124 Å². The van der Waals surface area contributed by atoms with E-state index >= 15 is 17.6 Å². The number of alkyl halides is 30. The van der Waals surface area contributed by atoms with Crippen LogP contribution in [-0.4, -0.2) is 95.0 Å². The summed E-state index contributed by atoms with van der Waals surface area (Å²) >= 11 is 2.17. The average molecular weight is 1320 g/mol. The highest BCUT2D eigenvalue weighted by molar-refractivity contribution is 7.30. The predicted octanol–water partition coefficient (Wildman–Crippen LogP) is 20.0. The van der Waals surface area contributed by atoms with Crippen LogP contribution in [-0.2, 0) is 25.7 Å². The van der Waals surface area contributed by atoms with Gasteiger partial charge in [0.1, 0.15) is 0 Å². The smallest absolute Gasteiger partial charge is 0.286 e. The fourth-order valence-electron chi connectivity index (χ4n) is 7.56. The molecule has 0 aromatic carbocycles. The minimum atomic E-state index is -8.63. The molecule has 81 heavy (non-hydrogen) atoms. The van der Waals surface area contributed by atoms with Gasteiger partial charge in [0.2, 0.25) is 11.6 Å². The second-order valence-electron chi connectivity index (χ2n) is 16.9. The zero-order valence-corrected chi connectivity index (χ0v) is 43.6. The third-order valence-electron chi connectivity index (χ3n) is 12.0. The minimum absolute atomic E-state index is 0.0233. The molecule has 0 saturated carbocycles. The van der Waals surface area contributed by atoms with Crippen LogP contribution in [0.2, 0.25) is 0 Å². The first kappa shape index (κ1) is 67.5. The van der Waals surface area contributed by atoms with Crippen LogP contribution in [0.5, 0.6) is 0 Å². The number of Topliss-reactive ketones (excluding diaryl/α,β-unsaturated/α-hetero) is 2. The molecule has 0 aliphatic carbocycles. The number of hydrogen-bond donors (Lipinski definition) is 0. The Morgan fingerprint density at radius 1 is 0.284 bits per heavy atom. The van der Waals surface area contributed by atoms with Gasteiger partial charge < -0.3 is 0 Å². The molecule has 0 bridgehead atoms. The van der Waals surface area contributed by atoms with Gasteiger partial charge in [-0.3, -0.25) is 9.59 Å². The van der Waals surface area contributed by atoms with Crippen LogP contribution < -0.4 is 0 Å². The van der Waals surface area contributed by atoms with Crippen molar-refractivity contribution in [2.24, 2.45) is 0 Å². The standard InChI is InChI=1S/C44H26F30O2S5/c1-5-15-17(7-3)27(21-11-13-23(78-21)29(75)31(45,46)33(49,50)35(53,54)37(57,58)39(61,62)41(65,66)43(69,70)71)80-25(15)19-9-10-20(77-19)26-16(6-2)18(8-4)28(81-26)22-12-14-24(79-22)30(76)32(47,48)34(51,52)36(55,56)38(59,60)40(63,64)42(67,68)44(72,73)74/h9-14H,5-8H2,1-4H3. The molecule has 0 fully saturated rings. The van der Waals surface area contributed by atoms with Crippen LogP contribution in [0.15, 0.2) is 36.4 Å². The van der Waals surface area contributed by atoms with Gasteiger partial charge in [0.05, 0.1) is 9.75 Å². The number of carbonyl (C=O) groups excluding carboxylic acids is 2. The van der Waals surface area contributed by atoms with Crippen LogP contribution in [0.25, 0.3) is 39.0 Å². The average Bonchev–Trinajstić information content (AvgIpc) is 4.22. The van der Waals surface area contributed by atoms with Gasteiger partial charge in [-0.15, -0.1) is 56.7 Å². The van der Waals surface area contributed by atoms with Gasteiger partial charge in [-0.1, -0.05) is 27.7 Å². The predicted molar refractivity (Wildman–Crippen MR) is 235 cm³/mol. The summed E-state index contributed by atoms with van der Waals surface area (Å²) in [6, 6.07) is 4.94. The number of rotatable bonds is 22. The highest BCUT2D eigenvalue weighted by Gasteiger charge is 2.95. The Morgan fingerprint density at radius 3 is 0.704 bits per heavy atom. The van der Waals surface area contributed by atoms with Gasteiger partial charge >= 0.3 is 83.4 Å². The Balaban J connectivity index is 1.50. The van der Waals surface area contributed by atoms with E-state index in [0.717, 1.165) is 46.1 Å². The second-order valence-corrected chi connectivity index (χ2v) is 22.2.